The maximum absolute atomic E-state index is 14.4. The van der Waals surface area contributed by atoms with Crippen molar-refractivity contribution < 1.29 is 63.0 Å². The van der Waals surface area contributed by atoms with Gasteiger partial charge >= 0.3 is 11.9 Å². The van der Waals surface area contributed by atoms with Crippen LogP contribution in [0, 0.1) is 29.6 Å². The Labute approximate surface area is 356 Å². The number of Topliss-reactive ketones (excluding diaryl/α,β-unsaturated/α-hetero) is 2. The fourth-order valence-corrected chi connectivity index (χ4v) is 9.69. The van der Waals surface area contributed by atoms with E-state index in [0.717, 1.165) is 24.8 Å². The molecule has 3 aliphatic heterocycles. The van der Waals surface area contributed by atoms with Gasteiger partial charge in [-0.2, -0.15) is 0 Å². The number of hydrogen-bond donors (Lipinski definition) is 3. The van der Waals surface area contributed by atoms with E-state index in [1.165, 1.54) is 19.1 Å². The third-order valence-electron chi connectivity index (χ3n) is 13.2. The van der Waals surface area contributed by atoms with Crippen LogP contribution in [0.1, 0.15) is 118 Å². The fraction of sp³-hybridized carbons (Fsp3) is 0.761. The highest BCUT2D eigenvalue weighted by atomic mass is 16.7. The van der Waals surface area contributed by atoms with Crippen LogP contribution in [0.5, 0.6) is 0 Å². The van der Waals surface area contributed by atoms with Gasteiger partial charge in [0.15, 0.2) is 0 Å². The molecule has 2 bridgehead atoms. The minimum absolute atomic E-state index is 0.000640. The number of methoxy groups -OCH3 is 2. The van der Waals surface area contributed by atoms with Gasteiger partial charge in [0.05, 0.1) is 24.4 Å². The first-order valence-corrected chi connectivity index (χ1v) is 22.0. The second-order valence-electron chi connectivity index (χ2n) is 18.0. The number of piperidine rings is 1. The van der Waals surface area contributed by atoms with Gasteiger partial charge < -0.3 is 43.9 Å². The topological polar surface area (TPSA) is 195 Å². The highest BCUT2D eigenvalue weighted by Gasteiger charge is 2.56. The molecule has 14 nitrogen and oxygen atoms in total. The molecular formula is C46H71NO13. The Bertz CT molecular complexity index is 1580. The molecule has 14 heteroatoms. The predicted octanol–water partition coefficient (Wildman–Crippen LogP) is 5.51. The second-order valence-corrected chi connectivity index (χ2v) is 18.0. The van der Waals surface area contributed by atoms with Gasteiger partial charge in [0.2, 0.25) is 5.79 Å². The summed E-state index contributed by atoms with van der Waals surface area (Å²) in [6, 6.07) is -1.15. The first-order chi connectivity index (χ1) is 28.4. The Hall–Kier alpha value is -3.27. The summed E-state index contributed by atoms with van der Waals surface area (Å²) >= 11 is 0. The molecule has 338 valence electrons. The third-order valence-corrected chi connectivity index (χ3v) is 13.2. The fourth-order valence-electron chi connectivity index (χ4n) is 9.69. The number of allylic oxidation sites excluding steroid dienone is 4. The molecule has 3 fully saturated rings. The van der Waals surface area contributed by atoms with Gasteiger partial charge in [0.25, 0.3) is 11.7 Å². The number of aliphatic carboxylic acids is 1. The van der Waals surface area contributed by atoms with Crippen LogP contribution < -0.4 is 0 Å². The Morgan fingerprint density at radius 1 is 0.983 bits per heavy atom. The largest absolute Gasteiger partial charge is 0.480 e. The summed E-state index contributed by atoms with van der Waals surface area (Å²) in [5.74, 6) is -8.80. The van der Waals surface area contributed by atoms with E-state index >= 15 is 0 Å². The molecule has 60 heavy (non-hydrogen) atoms. The molecule has 1 aliphatic carbocycles. The molecular weight excluding hydrogens is 775 g/mol. The molecule has 4 rings (SSSR count). The summed E-state index contributed by atoms with van der Waals surface area (Å²) in [5, 5.41) is 32.9. The number of carboxylic acids is 1. The lowest BCUT2D eigenvalue weighted by molar-refractivity contribution is -0.302. The van der Waals surface area contributed by atoms with Crippen molar-refractivity contribution in [3.8, 4) is 0 Å². The molecule has 2 saturated heterocycles. The smallest absolute Gasteiger partial charge is 0.329 e. The van der Waals surface area contributed by atoms with Crippen molar-refractivity contribution in [1.29, 1.82) is 0 Å². The van der Waals surface area contributed by atoms with Gasteiger partial charge in [-0.05, 0) is 102 Å². The monoisotopic (exact) mass is 845 g/mol. The van der Waals surface area contributed by atoms with Crippen molar-refractivity contribution in [2.24, 2.45) is 29.6 Å². The van der Waals surface area contributed by atoms with Crippen LogP contribution in [-0.4, -0.2) is 125 Å². The zero-order valence-electron chi connectivity index (χ0n) is 36.8. The summed E-state index contributed by atoms with van der Waals surface area (Å²) in [7, 11) is 3.04. The molecule has 1 saturated carbocycles. The number of rotatable bonds is 9. The number of amides is 1. The molecule has 3 N–H and O–H groups in total. The number of nitrogens with zero attached hydrogens (tertiary/aromatic N) is 1. The van der Waals surface area contributed by atoms with Crippen molar-refractivity contribution in [2.75, 3.05) is 27.4 Å². The lowest BCUT2D eigenvalue weighted by Crippen LogP contribution is -2.64. The van der Waals surface area contributed by atoms with E-state index in [0.29, 0.717) is 50.5 Å². The zero-order valence-corrected chi connectivity index (χ0v) is 36.8. The summed E-state index contributed by atoms with van der Waals surface area (Å²) in [5.41, 5.74) is 1.61. The van der Waals surface area contributed by atoms with Gasteiger partial charge in [-0.25, -0.2) is 9.59 Å². The van der Waals surface area contributed by atoms with Crippen LogP contribution in [0.4, 0.5) is 0 Å². The molecule has 0 aromatic carbocycles. The molecule has 0 aromatic rings. The maximum atomic E-state index is 14.4. The molecule has 1 amide bonds. The van der Waals surface area contributed by atoms with Crippen LogP contribution in [0.3, 0.4) is 0 Å². The van der Waals surface area contributed by atoms with Gasteiger partial charge in [-0.15, -0.1) is 6.58 Å². The van der Waals surface area contributed by atoms with E-state index in [1.807, 2.05) is 32.9 Å². The number of aliphatic hydroxyl groups excluding tert-OH is 1. The van der Waals surface area contributed by atoms with E-state index in [1.54, 1.807) is 19.9 Å². The van der Waals surface area contributed by atoms with Crippen LogP contribution in [0.25, 0.3) is 0 Å². The maximum Gasteiger partial charge on any atom is 0.329 e. The number of esters is 1. The number of hydrogen-bond acceptors (Lipinski definition) is 12. The molecule has 0 aromatic heterocycles. The molecule has 0 unspecified atom stereocenters. The Morgan fingerprint density at radius 2 is 1.68 bits per heavy atom. The number of carbonyl (C=O) groups is 5. The standard InChI is InChI=1S/C46H71NO13/c1-9-13-33-21-27(2)20-28(3)22-38(56-7)42-39(57-8)24-30(5)46(55,60-42)43(52)44(53)47-19-11-10-16-35(47)45(54)59-41(31(6)36(48)25-37(33)49)29(4)23-32-14-12-15-34(18-17-32)58-26-40(50)51/h9,21,23,28,30-36,38-39,41-42,48,55H,1,10-20,22,24-26H2,2-8H3,(H,50,51)/b27-21+,29-23+/t28-,30+,31+,32-,33+,34-,35-,36-,38-,39-,41+,42+,46+/m0/s1. The van der Waals surface area contributed by atoms with Gasteiger partial charge in [0.1, 0.15) is 30.6 Å². The van der Waals surface area contributed by atoms with E-state index in [4.69, 9.17) is 28.8 Å². The Morgan fingerprint density at radius 3 is 2.35 bits per heavy atom. The third kappa shape index (κ3) is 12.7. The van der Waals surface area contributed by atoms with Crippen LogP contribution in [-0.2, 0) is 47.7 Å². The van der Waals surface area contributed by atoms with Crippen molar-refractivity contribution in [3.63, 3.8) is 0 Å². The van der Waals surface area contributed by atoms with E-state index in [2.05, 4.69) is 6.58 Å². The molecule has 0 spiro atoms. The summed E-state index contributed by atoms with van der Waals surface area (Å²) in [6.07, 6.45) is 7.53. The van der Waals surface area contributed by atoms with E-state index in [9.17, 15) is 34.2 Å². The van der Waals surface area contributed by atoms with Gasteiger partial charge in [-0.1, -0.05) is 51.0 Å². The molecule has 4 aliphatic rings. The van der Waals surface area contributed by atoms with Crippen LogP contribution in [0.2, 0.25) is 0 Å². The first-order valence-electron chi connectivity index (χ1n) is 22.0. The lowest BCUT2D eigenvalue weighted by Gasteiger charge is -2.47. The molecule has 3 heterocycles. The number of cyclic esters (lactones) is 1. The van der Waals surface area contributed by atoms with Crippen molar-refractivity contribution >= 4 is 29.4 Å². The number of aliphatic hydroxyl groups is 2. The zero-order chi connectivity index (χ0) is 44.3. The first kappa shape index (κ1) is 49.4. The predicted molar refractivity (Wildman–Crippen MR) is 222 cm³/mol. The average Bonchev–Trinajstić information content (AvgIpc) is 3.45. The number of carboxylic acid groups (broad SMARTS) is 1. The molecule has 0 radical (unpaired) electrons. The van der Waals surface area contributed by atoms with Gasteiger partial charge in [0, 0.05) is 44.9 Å². The highest BCUT2D eigenvalue weighted by molar-refractivity contribution is 6.39. The SMILES string of the molecule is C=CC[C@@H]1/C=C(\C)C[C@H](C)C[C@H](OC)[C@H]2O[C@@](O)(C(=O)C(=O)N3CCCC[C@H]3C(=O)O[C@H](/C(C)=C/[C@H]3CCC[C@H](OCC(=O)O)CC3)[C@H](C)[C@@H](O)CC1=O)[C@H](C)C[C@@H]2OC. The van der Waals surface area contributed by atoms with Gasteiger partial charge in [-0.3, -0.25) is 14.4 Å². The minimum Gasteiger partial charge on any atom is -0.480 e. The highest BCUT2D eigenvalue weighted by Crippen LogP contribution is 2.39. The summed E-state index contributed by atoms with van der Waals surface area (Å²) in [4.78, 5) is 69.1. The summed E-state index contributed by atoms with van der Waals surface area (Å²) < 4.78 is 29.9. The quantitative estimate of drug-likeness (QED) is 0.114. The average molecular weight is 846 g/mol. The van der Waals surface area contributed by atoms with Crippen molar-refractivity contribution in [1.82, 2.24) is 4.90 Å². The number of carbonyl (C=O) groups excluding carboxylic acids is 4. The van der Waals surface area contributed by atoms with Crippen molar-refractivity contribution in [2.45, 2.75) is 167 Å². The van der Waals surface area contributed by atoms with Crippen LogP contribution >= 0.6 is 0 Å². The minimum atomic E-state index is -2.52. The molecule has 13 atom stereocenters. The normalized spacial score (nSPS) is 38.4. The summed E-state index contributed by atoms with van der Waals surface area (Å²) in [6.45, 7) is 12.8. The van der Waals surface area contributed by atoms with Crippen molar-refractivity contribution in [3.05, 3.63) is 36.0 Å². The lowest BCUT2D eigenvalue weighted by atomic mass is 9.82. The van der Waals surface area contributed by atoms with E-state index in [-0.39, 0.29) is 56.1 Å². The van der Waals surface area contributed by atoms with E-state index < -0.39 is 83.7 Å². The number of ketones is 2. The second kappa shape index (κ2) is 22.7. The number of ether oxygens (including phenoxy) is 5. The number of fused-ring (bicyclic) bond motifs is 3. The van der Waals surface area contributed by atoms with Crippen LogP contribution in [0.15, 0.2) is 36.0 Å². The Balaban J connectivity index is 1.75. The Kier molecular flexibility index (Phi) is 18.7.